The van der Waals surface area contributed by atoms with Crippen molar-refractivity contribution in [3.63, 3.8) is 0 Å². The summed E-state index contributed by atoms with van der Waals surface area (Å²) < 4.78 is 0. The van der Waals surface area contributed by atoms with E-state index in [0.29, 0.717) is 0 Å². The molecule has 1 nitrogen and oxygen atoms in total. The Balaban J connectivity index is 3.11. The molecule has 0 heterocycles. The van der Waals surface area contributed by atoms with Crippen molar-refractivity contribution in [2.24, 2.45) is 0 Å². The van der Waals surface area contributed by atoms with Gasteiger partial charge < -0.3 is 4.90 Å². The minimum atomic E-state index is 1.08. The predicted octanol–water partition coefficient (Wildman–Crippen LogP) is 7.53. The highest BCUT2D eigenvalue weighted by Crippen LogP contribution is 2.10. The quantitative estimate of drug-likeness (QED) is 0.185. The van der Waals surface area contributed by atoms with Crippen molar-refractivity contribution in [3.8, 4) is 0 Å². The van der Waals surface area contributed by atoms with Crippen LogP contribution in [-0.4, -0.2) is 25.5 Å². The van der Waals surface area contributed by atoms with Crippen LogP contribution >= 0.6 is 0 Å². The SMILES string of the molecule is CCCCCCCC/C=C\CCCCCCCCC=CCN(C)C. The molecule has 0 bridgehead atoms. The van der Waals surface area contributed by atoms with Gasteiger partial charge in [0.15, 0.2) is 0 Å². The first-order chi connectivity index (χ1) is 11.8. The molecule has 142 valence electrons. The fraction of sp³-hybridized carbons (Fsp3) is 0.826. The zero-order valence-electron chi connectivity index (χ0n) is 17.1. The van der Waals surface area contributed by atoms with Crippen molar-refractivity contribution in [1.29, 1.82) is 0 Å². The molecule has 0 spiro atoms. The molecule has 0 aliphatic carbocycles. The summed E-state index contributed by atoms with van der Waals surface area (Å²) in [6.45, 7) is 3.36. The first-order valence-electron chi connectivity index (χ1n) is 10.7. The molecule has 0 radical (unpaired) electrons. The lowest BCUT2D eigenvalue weighted by molar-refractivity contribution is 0.456. The van der Waals surface area contributed by atoms with Gasteiger partial charge in [-0.2, -0.15) is 0 Å². The van der Waals surface area contributed by atoms with Crippen molar-refractivity contribution in [1.82, 2.24) is 4.90 Å². The monoisotopic (exact) mass is 335 g/mol. The van der Waals surface area contributed by atoms with E-state index in [2.05, 4.69) is 50.2 Å². The summed E-state index contributed by atoms with van der Waals surface area (Å²) in [5.74, 6) is 0. The highest BCUT2D eigenvalue weighted by molar-refractivity contribution is 4.83. The Morgan fingerprint density at radius 1 is 0.500 bits per heavy atom. The molecule has 0 rings (SSSR count). The third kappa shape index (κ3) is 21.4. The van der Waals surface area contributed by atoms with E-state index >= 15 is 0 Å². The lowest BCUT2D eigenvalue weighted by Gasteiger charge is -2.03. The lowest BCUT2D eigenvalue weighted by Crippen LogP contribution is -2.10. The molecule has 0 amide bonds. The van der Waals surface area contributed by atoms with Crippen molar-refractivity contribution >= 4 is 0 Å². The molecule has 0 aromatic heterocycles. The number of likely N-dealkylation sites (N-methyl/N-ethyl adjacent to an activating group) is 1. The zero-order valence-corrected chi connectivity index (χ0v) is 17.1. The summed E-state index contributed by atoms with van der Waals surface area (Å²) in [4.78, 5) is 2.21. The van der Waals surface area contributed by atoms with Crippen molar-refractivity contribution in [2.45, 2.75) is 103 Å². The van der Waals surface area contributed by atoms with Crippen LogP contribution in [0.1, 0.15) is 103 Å². The zero-order chi connectivity index (χ0) is 17.7. The van der Waals surface area contributed by atoms with Crippen LogP contribution in [0.25, 0.3) is 0 Å². The number of hydrogen-bond donors (Lipinski definition) is 0. The molecular weight excluding hydrogens is 290 g/mol. The van der Waals surface area contributed by atoms with Crippen LogP contribution in [0.15, 0.2) is 24.3 Å². The van der Waals surface area contributed by atoms with E-state index in [9.17, 15) is 0 Å². The Morgan fingerprint density at radius 3 is 1.29 bits per heavy atom. The molecule has 24 heavy (non-hydrogen) atoms. The first-order valence-corrected chi connectivity index (χ1v) is 10.7. The van der Waals surface area contributed by atoms with Gasteiger partial charge in [0.05, 0.1) is 0 Å². The topological polar surface area (TPSA) is 3.24 Å². The second-order valence-corrected chi connectivity index (χ2v) is 7.46. The van der Waals surface area contributed by atoms with Crippen LogP contribution in [0.3, 0.4) is 0 Å². The Labute approximate surface area is 153 Å². The molecule has 0 fully saturated rings. The molecule has 0 saturated carbocycles. The number of allylic oxidation sites excluding steroid dienone is 3. The van der Waals surface area contributed by atoms with Gasteiger partial charge in [0.25, 0.3) is 0 Å². The maximum Gasteiger partial charge on any atom is 0.0157 e. The Morgan fingerprint density at radius 2 is 0.875 bits per heavy atom. The van der Waals surface area contributed by atoms with Gasteiger partial charge in [-0.15, -0.1) is 0 Å². The van der Waals surface area contributed by atoms with E-state index in [-0.39, 0.29) is 0 Å². The third-order valence-corrected chi connectivity index (χ3v) is 4.52. The van der Waals surface area contributed by atoms with Gasteiger partial charge in [0.1, 0.15) is 0 Å². The largest absolute Gasteiger partial charge is 0.306 e. The highest BCUT2D eigenvalue weighted by Gasteiger charge is 1.91. The van der Waals surface area contributed by atoms with Crippen molar-refractivity contribution < 1.29 is 0 Å². The minimum absolute atomic E-state index is 1.08. The molecule has 0 aliphatic rings. The summed E-state index contributed by atoms with van der Waals surface area (Å²) in [7, 11) is 4.24. The van der Waals surface area contributed by atoms with Crippen LogP contribution in [0, 0.1) is 0 Å². The Kier molecular flexibility index (Phi) is 20.0. The second-order valence-electron chi connectivity index (χ2n) is 7.46. The van der Waals surface area contributed by atoms with Crippen LogP contribution in [0.4, 0.5) is 0 Å². The molecular formula is C23H45N. The normalized spacial score (nSPS) is 12.2. The fourth-order valence-electron chi connectivity index (χ4n) is 2.91. The second kappa shape index (κ2) is 20.5. The van der Waals surface area contributed by atoms with Gasteiger partial charge in [0.2, 0.25) is 0 Å². The number of hydrogen-bond acceptors (Lipinski definition) is 1. The molecule has 0 aliphatic heterocycles. The predicted molar refractivity (Wildman–Crippen MR) is 112 cm³/mol. The smallest absolute Gasteiger partial charge is 0.0157 e. The molecule has 0 N–H and O–H groups in total. The van der Waals surface area contributed by atoms with Gasteiger partial charge in [-0.3, -0.25) is 0 Å². The summed E-state index contributed by atoms with van der Waals surface area (Å²) in [6, 6.07) is 0. The summed E-state index contributed by atoms with van der Waals surface area (Å²) in [6.07, 6.45) is 30.2. The van der Waals surface area contributed by atoms with Gasteiger partial charge in [-0.25, -0.2) is 0 Å². The molecule has 0 saturated heterocycles. The van der Waals surface area contributed by atoms with Crippen LogP contribution in [0.5, 0.6) is 0 Å². The molecule has 1 heteroatoms. The van der Waals surface area contributed by atoms with Crippen molar-refractivity contribution in [2.75, 3.05) is 20.6 Å². The van der Waals surface area contributed by atoms with Crippen molar-refractivity contribution in [3.05, 3.63) is 24.3 Å². The summed E-state index contributed by atoms with van der Waals surface area (Å²) in [5, 5.41) is 0. The molecule has 0 unspecified atom stereocenters. The highest BCUT2D eigenvalue weighted by atomic mass is 15.0. The number of rotatable bonds is 18. The molecule has 0 atom stereocenters. The van der Waals surface area contributed by atoms with Crippen LogP contribution < -0.4 is 0 Å². The van der Waals surface area contributed by atoms with E-state index < -0.39 is 0 Å². The molecule has 0 aromatic rings. The summed E-state index contributed by atoms with van der Waals surface area (Å²) in [5.41, 5.74) is 0. The van der Waals surface area contributed by atoms with Crippen LogP contribution in [-0.2, 0) is 0 Å². The average Bonchev–Trinajstić information content (AvgIpc) is 2.56. The number of nitrogens with zero attached hydrogens (tertiary/aromatic N) is 1. The van der Waals surface area contributed by atoms with E-state index in [1.807, 2.05) is 0 Å². The van der Waals surface area contributed by atoms with E-state index in [1.54, 1.807) is 0 Å². The molecule has 0 aromatic carbocycles. The Hall–Kier alpha value is -0.560. The van der Waals surface area contributed by atoms with Crippen LogP contribution in [0.2, 0.25) is 0 Å². The Bertz CT molecular complexity index is 278. The van der Waals surface area contributed by atoms with E-state index in [1.165, 1.54) is 96.3 Å². The van der Waals surface area contributed by atoms with Gasteiger partial charge in [-0.05, 0) is 52.6 Å². The first kappa shape index (κ1) is 23.4. The van der Waals surface area contributed by atoms with E-state index in [0.717, 1.165) is 6.54 Å². The standard InChI is InChI=1S/C23H45N/c1-4-5-6-7-8-9-10-11-12-13-14-15-16-17-18-19-20-21-22-23-24(2)3/h11-12,21-22H,4-10,13-20,23H2,1-3H3/b12-11-,22-21?. The van der Waals surface area contributed by atoms with Gasteiger partial charge in [0, 0.05) is 6.54 Å². The van der Waals surface area contributed by atoms with Gasteiger partial charge in [-0.1, -0.05) is 89.0 Å². The number of unbranched alkanes of at least 4 members (excludes halogenated alkanes) is 13. The maximum absolute atomic E-state index is 2.42. The van der Waals surface area contributed by atoms with E-state index in [4.69, 9.17) is 0 Å². The third-order valence-electron chi connectivity index (χ3n) is 4.52. The lowest BCUT2D eigenvalue weighted by atomic mass is 10.1. The average molecular weight is 336 g/mol. The van der Waals surface area contributed by atoms with Gasteiger partial charge >= 0.3 is 0 Å². The fourth-order valence-corrected chi connectivity index (χ4v) is 2.91. The minimum Gasteiger partial charge on any atom is -0.306 e. The summed E-state index contributed by atoms with van der Waals surface area (Å²) >= 11 is 0. The maximum atomic E-state index is 2.42.